The monoisotopic (exact) mass is 391 g/mol. The highest BCUT2D eigenvalue weighted by Gasteiger charge is 2.24. The fourth-order valence-corrected chi connectivity index (χ4v) is 3.70. The van der Waals surface area contributed by atoms with Gasteiger partial charge in [0.15, 0.2) is 0 Å². The normalized spacial score (nSPS) is 19.9. The Labute approximate surface area is 168 Å². The summed E-state index contributed by atoms with van der Waals surface area (Å²) in [6, 6.07) is 7.00. The zero-order valence-corrected chi connectivity index (χ0v) is 17.0. The van der Waals surface area contributed by atoms with Crippen LogP contribution in [-0.4, -0.2) is 38.5 Å². The number of hydrogen-bond donors (Lipinski definition) is 2. The molecule has 8 heteroatoms. The number of pyridine rings is 1. The van der Waals surface area contributed by atoms with E-state index < -0.39 is 0 Å². The van der Waals surface area contributed by atoms with Gasteiger partial charge in [-0.15, -0.1) is 0 Å². The van der Waals surface area contributed by atoms with Crippen LogP contribution in [-0.2, 0) is 14.1 Å². The topological polar surface area (TPSA) is 103 Å². The van der Waals surface area contributed by atoms with Crippen molar-refractivity contribution in [2.45, 2.75) is 31.8 Å². The number of rotatable bonds is 4. The van der Waals surface area contributed by atoms with Crippen LogP contribution in [0.4, 0.5) is 11.4 Å². The molecular formula is C21H25N7O. The molecule has 150 valence electrons. The molecule has 4 rings (SSSR count). The van der Waals surface area contributed by atoms with Crippen molar-refractivity contribution in [2.24, 2.45) is 24.1 Å². The molecule has 3 heterocycles. The van der Waals surface area contributed by atoms with Crippen molar-refractivity contribution in [3.8, 4) is 0 Å². The summed E-state index contributed by atoms with van der Waals surface area (Å²) in [5, 5.41) is 8.53. The zero-order valence-electron chi connectivity index (χ0n) is 17.0. The number of fused-ring (bicyclic) bond motifs is 1. The first kappa shape index (κ1) is 18.9. The van der Waals surface area contributed by atoms with Gasteiger partial charge >= 0.3 is 0 Å². The fourth-order valence-electron chi connectivity index (χ4n) is 3.70. The second kappa shape index (κ2) is 7.20. The lowest BCUT2D eigenvalue weighted by molar-refractivity contribution is 0.682. The number of nitrogens with zero attached hydrogens (tertiary/aromatic N) is 5. The lowest BCUT2D eigenvalue weighted by atomic mass is 9.95. The summed E-state index contributed by atoms with van der Waals surface area (Å²) in [7, 11) is 3.65. The van der Waals surface area contributed by atoms with E-state index in [2.05, 4.69) is 22.3 Å². The van der Waals surface area contributed by atoms with Gasteiger partial charge in [-0.3, -0.25) is 14.5 Å². The lowest BCUT2D eigenvalue weighted by Crippen LogP contribution is -2.31. The number of benzene rings is 1. The molecule has 1 aliphatic heterocycles. The van der Waals surface area contributed by atoms with Crippen LogP contribution in [0.5, 0.6) is 0 Å². The van der Waals surface area contributed by atoms with E-state index in [0.717, 1.165) is 22.2 Å². The quantitative estimate of drug-likeness (QED) is 0.666. The number of nitrogens with two attached hydrogens (primary N) is 1. The van der Waals surface area contributed by atoms with Gasteiger partial charge in [0.05, 0.1) is 23.8 Å². The van der Waals surface area contributed by atoms with Gasteiger partial charge in [0.2, 0.25) is 0 Å². The Balaban J connectivity index is 1.61. The molecule has 0 aliphatic carbocycles. The van der Waals surface area contributed by atoms with Crippen LogP contribution >= 0.6 is 0 Å². The maximum absolute atomic E-state index is 12.4. The molecular weight excluding hydrogens is 366 g/mol. The molecule has 3 N–H and O–H groups in total. The Hall–Kier alpha value is -3.42. The van der Waals surface area contributed by atoms with E-state index in [0.29, 0.717) is 11.5 Å². The first-order valence-corrected chi connectivity index (χ1v) is 9.59. The van der Waals surface area contributed by atoms with E-state index in [4.69, 9.17) is 10.7 Å². The fraction of sp³-hybridized carbons (Fsp3) is 0.333. The first-order valence-electron chi connectivity index (χ1n) is 9.59. The Morgan fingerprint density at radius 2 is 2.03 bits per heavy atom. The third-order valence-electron chi connectivity index (χ3n) is 5.36. The van der Waals surface area contributed by atoms with Gasteiger partial charge < -0.3 is 15.6 Å². The molecule has 0 bridgehead atoms. The van der Waals surface area contributed by atoms with Crippen LogP contribution < -0.4 is 16.6 Å². The second-order valence-corrected chi connectivity index (χ2v) is 7.58. The molecule has 0 amide bonds. The molecule has 29 heavy (non-hydrogen) atoms. The minimum Gasteiger partial charge on any atom is -0.399 e. The molecule has 3 unspecified atom stereocenters. The highest BCUT2D eigenvalue weighted by Crippen LogP contribution is 2.26. The van der Waals surface area contributed by atoms with Crippen molar-refractivity contribution in [1.82, 2.24) is 14.3 Å². The van der Waals surface area contributed by atoms with Crippen LogP contribution in [0.2, 0.25) is 0 Å². The summed E-state index contributed by atoms with van der Waals surface area (Å²) in [6.07, 6.45) is 5.78. The molecule has 1 aromatic carbocycles. The molecule has 0 radical (unpaired) electrons. The number of aliphatic imine (C=N–C) groups is 2. The Morgan fingerprint density at radius 3 is 2.72 bits per heavy atom. The summed E-state index contributed by atoms with van der Waals surface area (Å²) in [6.45, 7) is 4.06. The van der Waals surface area contributed by atoms with Crippen LogP contribution in [0, 0.1) is 0 Å². The molecule has 0 spiro atoms. The molecule has 3 atom stereocenters. The Morgan fingerprint density at radius 1 is 1.24 bits per heavy atom. The summed E-state index contributed by atoms with van der Waals surface area (Å²) in [4.78, 5) is 21.8. The molecule has 0 saturated carbocycles. The third kappa shape index (κ3) is 3.53. The number of aromatic nitrogens is 3. The van der Waals surface area contributed by atoms with Gasteiger partial charge in [-0.1, -0.05) is 0 Å². The molecule has 3 aromatic rings. The number of aryl methyl sites for hydroxylation is 2. The van der Waals surface area contributed by atoms with Crippen molar-refractivity contribution in [2.75, 3.05) is 11.1 Å². The van der Waals surface area contributed by atoms with Crippen molar-refractivity contribution in [1.29, 1.82) is 0 Å². The largest absolute Gasteiger partial charge is 0.399 e. The van der Waals surface area contributed by atoms with E-state index in [1.165, 1.54) is 0 Å². The van der Waals surface area contributed by atoms with Gasteiger partial charge in [0, 0.05) is 60.8 Å². The van der Waals surface area contributed by atoms with Crippen LogP contribution in [0.15, 0.2) is 51.4 Å². The van der Waals surface area contributed by atoms with Crippen molar-refractivity contribution >= 4 is 34.3 Å². The highest BCUT2D eigenvalue weighted by molar-refractivity contribution is 6.00. The minimum atomic E-state index is -0.166. The van der Waals surface area contributed by atoms with Gasteiger partial charge in [0.1, 0.15) is 5.84 Å². The number of hydrogen-bond acceptors (Lipinski definition) is 6. The molecule has 1 aliphatic rings. The number of anilines is 2. The van der Waals surface area contributed by atoms with Gasteiger partial charge in [0.25, 0.3) is 5.56 Å². The predicted octanol–water partition coefficient (Wildman–Crippen LogP) is 2.31. The SMILES string of the molecule is CC(Nc1cc(=O)n(C)c2ccc(N)cc12)C1=NC(C)C(c2cnn(C)c2)C=N1. The van der Waals surface area contributed by atoms with Crippen LogP contribution in [0.1, 0.15) is 25.3 Å². The average Bonchev–Trinajstić information content (AvgIpc) is 3.11. The number of nitrogen functional groups attached to an aromatic ring is 1. The molecule has 2 aromatic heterocycles. The zero-order chi connectivity index (χ0) is 20.7. The highest BCUT2D eigenvalue weighted by atomic mass is 16.1. The van der Waals surface area contributed by atoms with Crippen molar-refractivity contribution in [3.05, 3.63) is 52.6 Å². The second-order valence-electron chi connectivity index (χ2n) is 7.58. The summed E-state index contributed by atoms with van der Waals surface area (Å²) >= 11 is 0. The Bertz CT molecular complexity index is 1190. The van der Waals surface area contributed by atoms with Gasteiger partial charge in [-0.05, 0) is 32.0 Å². The molecule has 0 saturated heterocycles. The first-order chi connectivity index (χ1) is 13.8. The van der Waals surface area contributed by atoms with E-state index in [1.807, 2.05) is 44.7 Å². The van der Waals surface area contributed by atoms with Crippen molar-refractivity contribution in [3.63, 3.8) is 0 Å². The smallest absolute Gasteiger partial charge is 0.252 e. The molecule has 8 nitrogen and oxygen atoms in total. The lowest BCUT2D eigenvalue weighted by Gasteiger charge is -2.24. The number of amidine groups is 1. The Kier molecular flexibility index (Phi) is 4.70. The van der Waals surface area contributed by atoms with Gasteiger partial charge in [-0.2, -0.15) is 5.10 Å². The van der Waals surface area contributed by atoms with E-state index >= 15 is 0 Å². The van der Waals surface area contributed by atoms with Gasteiger partial charge in [-0.25, -0.2) is 4.99 Å². The minimum absolute atomic E-state index is 0.0481. The predicted molar refractivity (Wildman–Crippen MR) is 118 cm³/mol. The summed E-state index contributed by atoms with van der Waals surface area (Å²) < 4.78 is 3.40. The average molecular weight is 391 g/mol. The van der Waals surface area contributed by atoms with Crippen LogP contribution in [0.3, 0.4) is 0 Å². The van der Waals surface area contributed by atoms with E-state index in [-0.39, 0.29) is 23.6 Å². The third-order valence-corrected chi connectivity index (χ3v) is 5.36. The summed E-state index contributed by atoms with van der Waals surface area (Å²) in [5.41, 5.74) is 9.18. The van der Waals surface area contributed by atoms with Crippen LogP contribution in [0.25, 0.3) is 10.9 Å². The maximum atomic E-state index is 12.4. The standard InChI is InChI=1S/C21H25N7O/c1-12-17(14-9-24-27(3)11-14)10-23-21(26-12)13(2)25-18-8-20(29)28(4)19-6-5-15(22)7-16(18)19/h5-13,17,25H,22H2,1-4H3. The van der Waals surface area contributed by atoms with E-state index in [9.17, 15) is 4.79 Å². The maximum Gasteiger partial charge on any atom is 0.252 e. The summed E-state index contributed by atoms with van der Waals surface area (Å²) in [5.74, 6) is 0.805. The van der Waals surface area contributed by atoms with E-state index in [1.54, 1.807) is 28.4 Å². The number of nitrogens with one attached hydrogen (secondary N) is 1. The van der Waals surface area contributed by atoms with Crippen molar-refractivity contribution < 1.29 is 0 Å². The molecule has 0 fully saturated rings.